The Kier molecular flexibility index (Phi) is 6.26. The molecule has 1 heterocycles. The fraction of sp³-hybridized carbons (Fsp3) is 0.182. The van der Waals surface area contributed by atoms with Gasteiger partial charge in [-0.05, 0) is 35.4 Å². The van der Waals surface area contributed by atoms with Gasteiger partial charge in [-0.2, -0.15) is 0 Å². The van der Waals surface area contributed by atoms with Gasteiger partial charge in [-0.1, -0.05) is 54.3 Å². The van der Waals surface area contributed by atoms with Crippen molar-refractivity contribution < 1.29 is 9.53 Å². The predicted molar refractivity (Wildman–Crippen MR) is 106 cm³/mol. The summed E-state index contributed by atoms with van der Waals surface area (Å²) in [5, 5.41) is 7.87. The van der Waals surface area contributed by atoms with E-state index in [2.05, 4.69) is 45.7 Å². The van der Waals surface area contributed by atoms with Crippen molar-refractivity contribution in [1.82, 2.24) is 15.6 Å². The van der Waals surface area contributed by atoms with Crippen molar-refractivity contribution in [2.24, 2.45) is 0 Å². The Labute approximate surface area is 158 Å². The predicted octanol–water partition coefficient (Wildman–Crippen LogP) is 3.42. The highest BCUT2D eigenvalue weighted by Crippen LogP contribution is 2.18. The number of nitrogens with one attached hydrogen (secondary N) is 2. The van der Waals surface area contributed by atoms with E-state index in [-0.39, 0.29) is 19.2 Å². The minimum Gasteiger partial charge on any atom is -0.479 e. The molecule has 0 aliphatic rings. The molecule has 0 radical (unpaired) electrons. The molecule has 2 N–H and O–H groups in total. The number of fused-ring (bicyclic) bond motifs is 1. The van der Waals surface area contributed by atoms with Crippen molar-refractivity contribution in [3.8, 4) is 17.6 Å². The number of rotatable bonds is 5. The molecule has 0 unspecified atom stereocenters. The van der Waals surface area contributed by atoms with Crippen LogP contribution >= 0.6 is 0 Å². The Morgan fingerprint density at radius 3 is 2.74 bits per heavy atom. The number of benzene rings is 2. The van der Waals surface area contributed by atoms with Gasteiger partial charge in [-0.3, -0.25) is 4.98 Å². The van der Waals surface area contributed by atoms with Crippen LogP contribution in [0.5, 0.6) is 5.75 Å². The van der Waals surface area contributed by atoms with Crippen LogP contribution in [-0.2, 0) is 6.54 Å². The molecular weight excluding hydrogens is 338 g/mol. The number of hydrogen-bond acceptors (Lipinski definition) is 3. The van der Waals surface area contributed by atoms with Gasteiger partial charge in [0.05, 0.1) is 12.7 Å². The zero-order valence-corrected chi connectivity index (χ0v) is 15.2. The number of carbonyl (C=O) groups is 1. The van der Waals surface area contributed by atoms with Gasteiger partial charge in [0.25, 0.3) is 0 Å². The highest BCUT2D eigenvalue weighted by atomic mass is 16.5. The van der Waals surface area contributed by atoms with E-state index < -0.39 is 0 Å². The van der Waals surface area contributed by atoms with E-state index in [0.717, 1.165) is 22.0 Å². The van der Waals surface area contributed by atoms with Crippen LogP contribution in [0.3, 0.4) is 0 Å². The molecule has 3 rings (SSSR count). The lowest BCUT2D eigenvalue weighted by Crippen LogP contribution is -2.35. The van der Waals surface area contributed by atoms with Gasteiger partial charge >= 0.3 is 6.03 Å². The molecular formula is C22H21N3O2. The van der Waals surface area contributed by atoms with Gasteiger partial charge < -0.3 is 15.4 Å². The van der Waals surface area contributed by atoms with E-state index in [1.165, 1.54) is 0 Å². The summed E-state index contributed by atoms with van der Waals surface area (Å²) >= 11 is 0. The normalized spacial score (nSPS) is 9.96. The van der Waals surface area contributed by atoms with Gasteiger partial charge in [-0.15, -0.1) is 0 Å². The number of aromatic nitrogens is 1. The van der Waals surface area contributed by atoms with Crippen molar-refractivity contribution in [2.45, 2.75) is 13.5 Å². The largest absolute Gasteiger partial charge is 0.479 e. The van der Waals surface area contributed by atoms with Gasteiger partial charge in [0, 0.05) is 12.2 Å². The summed E-state index contributed by atoms with van der Waals surface area (Å²) in [6.07, 6.45) is 1.66. The smallest absolute Gasteiger partial charge is 0.315 e. The zero-order valence-electron chi connectivity index (χ0n) is 15.2. The Hall–Kier alpha value is -3.52. The molecule has 0 saturated carbocycles. The van der Waals surface area contributed by atoms with Crippen molar-refractivity contribution in [2.75, 3.05) is 13.2 Å². The maximum Gasteiger partial charge on any atom is 0.315 e. The standard InChI is InChI=1S/C22H21N3O2/c1-17-11-12-20(16-24-17)27-14-5-4-13-23-22(26)25-15-19-9-6-8-18-7-2-3-10-21(18)19/h2-3,6-12,16H,13-15H2,1H3,(H2,23,25,26). The summed E-state index contributed by atoms with van der Waals surface area (Å²) in [5.41, 5.74) is 2.02. The third kappa shape index (κ3) is 5.48. The highest BCUT2D eigenvalue weighted by Gasteiger charge is 2.02. The Morgan fingerprint density at radius 1 is 1.04 bits per heavy atom. The second-order valence-corrected chi connectivity index (χ2v) is 5.95. The summed E-state index contributed by atoms with van der Waals surface area (Å²) in [5.74, 6) is 6.39. The van der Waals surface area contributed by atoms with Gasteiger partial charge in [0.1, 0.15) is 12.4 Å². The Bertz CT molecular complexity index is 967. The number of pyridine rings is 1. The first-order valence-electron chi connectivity index (χ1n) is 8.72. The first kappa shape index (κ1) is 18.3. The first-order valence-corrected chi connectivity index (χ1v) is 8.72. The molecule has 1 aromatic heterocycles. The fourth-order valence-electron chi connectivity index (χ4n) is 2.58. The lowest BCUT2D eigenvalue weighted by molar-refractivity contribution is 0.241. The lowest BCUT2D eigenvalue weighted by atomic mass is 10.0. The second kappa shape index (κ2) is 9.25. The van der Waals surface area contributed by atoms with E-state index in [0.29, 0.717) is 12.3 Å². The number of carbonyl (C=O) groups excluding carboxylic acids is 1. The number of urea groups is 1. The quantitative estimate of drug-likeness (QED) is 0.686. The van der Waals surface area contributed by atoms with Crippen LogP contribution in [0.1, 0.15) is 11.3 Å². The Balaban J connectivity index is 1.39. The summed E-state index contributed by atoms with van der Waals surface area (Å²) in [6, 6.07) is 17.7. The minimum atomic E-state index is -0.249. The maximum atomic E-state index is 11.9. The zero-order chi connectivity index (χ0) is 18.9. The first-order chi connectivity index (χ1) is 13.2. The van der Waals surface area contributed by atoms with Crippen LogP contribution in [0.15, 0.2) is 60.8 Å². The molecule has 2 amide bonds. The average Bonchev–Trinajstić information content (AvgIpc) is 2.70. The van der Waals surface area contributed by atoms with Crippen LogP contribution in [0.2, 0.25) is 0 Å². The average molecular weight is 359 g/mol. The van der Waals surface area contributed by atoms with Crippen LogP contribution in [0.4, 0.5) is 4.79 Å². The molecule has 0 aliphatic carbocycles. The molecule has 3 aromatic rings. The summed E-state index contributed by atoms with van der Waals surface area (Å²) in [4.78, 5) is 16.1. The van der Waals surface area contributed by atoms with E-state index in [1.54, 1.807) is 6.20 Å². The lowest BCUT2D eigenvalue weighted by Gasteiger charge is -2.08. The van der Waals surface area contributed by atoms with Crippen molar-refractivity contribution in [1.29, 1.82) is 0 Å². The van der Waals surface area contributed by atoms with Gasteiger partial charge in [0.15, 0.2) is 0 Å². The summed E-state index contributed by atoms with van der Waals surface area (Å²) in [7, 11) is 0. The van der Waals surface area contributed by atoms with Crippen LogP contribution < -0.4 is 15.4 Å². The molecule has 0 spiro atoms. The number of ether oxygens (including phenoxy) is 1. The SMILES string of the molecule is Cc1ccc(OCC#CCNC(=O)NCc2cccc3ccccc23)cn1. The maximum absolute atomic E-state index is 11.9. The van der Waals surface area contributed by atoms with E-state index in [4.69, 9.17) is 4.74 Å². The van der Waals surface area contributed by atoms with E-state index >= 15 is 0 Å². The molecule has 5 nitrogen and oxygen atoms in total. The number of nitrogens with zero attached hydrogens (tertiary/aromatic N) is 1. The topological polar surface area (TPSA) is 63.2 Å². The second-order valence-electron chi connectivity index (χ2n) is 5.95. The minimum absolute atomic E-state index is 0.249. The highest BCUT2D eigenvalue weighted by molar-refractivity contribution is 5.86. The molecule has 0 bridgehead atoms. The molecule has 5 heteroatoms. The molecule has 0 atom stereocenters. The van der Waals surface area contributed by atoms with Crippen LogP contribution in [0.25, 0.3) is 10.8 Å². The van der Waals surface area contributed by atoms with Crippen molar-refractivity contribution >= 4 is 16.8 Å². The molecule has 0 saturated heterocycles. The monoisotopic (exact) mass is 359 g/mol. The molecule has 0 fully saturated rings. The Morgan fingerprint density at radius 2 is 1.89 bits per heavy atom. The van der Waals surface area contributed by atoms with Gasteiger partial charge in [0.2, 0.25) is 0 Å². The van der Waals surface area contributed by atoms with E-state index in [9.17, 15) is 4.79 Å². The van der Waals surface area contributed by atoms with E-state index in [1.807, 2.05) is 43.3 Å². The van der Waals surface area contributed by atoms with Crippen molar-refractivity contribution in [3.05, 3.63) is 72.1 Å². The number of aryl methyl sites for hydroxylation is 1. The molecule has 27 heavy (non-hydrogen) atoms. The fourth-order valence-corrected chi connectivity index (χ4v) is 2.58. The van der Waals surface area contributed by atoms with Crippen LogP contribution in [0, 0.1) is 18.8 Å². The summed E-state index contributed by atoms with van der Waals surface area (Å²) < 4.78 is 5.45. The molecule has 2 aromatic carbocycles. The van der Waals surface area contributed by atoms with Gasteiger partial charge in [-0.25, -0.2) is 4.79 Å². The number of amides is 2. The third-order valence-electron chi connectivity index (χ3n) is 3.98. The van der Waals surface area contributed by atoms with Crippen molar-refractivity contribution in [3.63, 3.8) is 0 Å². The third-order valence-corrected chi connectivity index (χ3v) is 3.98. The molecule has 0 aliphatic heterocycles. The number of hydrogen-bond donors (Lipinski definition) is 2. The summed E-state index contributed by atoms with van der Waals surface area (Å²) in [6.45, 7) is 2.89. The molecule has 136 valence electrons. The van der Waals surface area contributed by atoms with Crippen LogP contribution in [-0.4, -0.2) is 24.2 Å².